The zero-order valence-corrected chi connectivity index (χ0v) is 12.8. The first-order chi connectivity index (χ1) is 10.0. The molecule has 0 aromatic heterocycles. The first-order valence-corrected chi connectivity index (χ1v) is 6.86. The topological polar surface area (TPSA) is 61.5 Å². The minimum Gasteiger partial charge on any atom is -0.488 e. The lowest BCUT2D eigenvalue weighted by Gasteiger charge is -2.13. The average Bonchev–Trinajstić information content (AvgIpc) is 2.48. The number of carbonyl (C=O) groups excluding carboxylic acids is 1. The quantitative estimate of drug-likeness (QED) is 0.674. The van der Waals surface area contributed by atoms with Gasteiger partial charge in [0.1, 0.15) is 23.7 Å². The minimum atomic E-state index is -0.582. The van der Waals surface area contributed by atoms with E-state index in [0.29, 0.717) is 10.0 Å². The van der Waals surface area contributed by atoms with Crippen molar-refractivity contribution in [2.45, 2.75) is 6.61 Å². The number of carbonyl (C=O) groups is 1. The Labute approximate surface area is 129 Å². The number of benzene rings is 2. The van der Waals surface area contributed by atoms with Gasteiger partial charge in [0.05, 0.1) is 11.6 Å². The van der Waals surface area contributed by atoms with Gasteiger partial charge in [0.25, 0.3) is 0 Å². The number of nitrogens with two attached hydrogens (primary N) is 1. The number of ether oxygens (including phenoxy) is 2. The molecular formula is C15H13BrFNO3. The monoisotopic (exact) mass is 353 g/mol. The molecule has 21 heavy (non-hydrogen) atoms. The molecule has 2 aromatic carbocycles. The lowest BCUT2D eigenvalue weighted by atomic mass is 10.1. The maximum Gasteiger partial charge on any atom is 0.343 e. The predicted octanol–water partition coefficient (Wildman–Crippen LogP) is 3.54. The van der Waals surface area contributed by atoms with Gasteiger partial charge >= 0.3 is 5.97 Å². The molecule has 0 amide bonds. The Morgan fingerprint density at radius 2 is 2.00 bits per heavy atom. The van der Waals surface area contributed by atoms with Crippen LogP contribution in [0.5, 0.6) is 5.75 Å². The number of anilines is 1. The molecule has 4 nitrogen and oxygen atoms in total. The van der Waals surface area contributed by atoms with E-state index in [2.05, 4.69) is 20.7 Å². The first kappa shape index (κ1) is 15.3. The average molecular weight is 354 g/mol. The van der Waals surface area contributed by atoms with E-state index in [1.54, 1.807) is 30.3 Å². The Bertz CT molecular complexity index is 676. The fourth-order valence-corrected chi connectivity index (χ4v) is 2.18. The van der Waals surface area contributed by atoms with Crippen molar-refractivity contribution in [1.29, 1.82) is 0 Å². The van der Waals surface area contributed by atoms with Crippen molar-refractivity contribution in [1.82, 2.24) is 0 Å². The van der Waals surface area contributed by atoms with E-state index in [1.807, 2.05) is 0 Å². The lowest BCUT2D eigenvalue weighted by molar-refractivity contribution is 0.0597. The minimum absolute atomic E-state index is 0.0891. The summed E-state index contributed by atoms with van der Waals surface area (Å²) in [5, 5.41) is 0. The number of hydrogen-bond acceptors (Lipinski definition) is 4. The third-order valence-corrected chi connectivity index (χ3v) is 3.75. The van der Waals surface area contributed by atoms with Gasteiger partial charge in [-0.3, -0.25) is 0 Å². The van der Waals surface area contributed by atoms with E-state index in [9.17, 15) is 9.18 Å². The van der Waals surface area contributed by atoms with Crippen molar-refractivity contribution in [2.24, 2.45) is 0 Å². The predicted molar refractivity (Wildman–Crippen MR) is 80.6 cm³/mol. The number of halogens is 2. The smallest absolute Gasteiger partial charge is 0.343 e. The molecule has 0 unspecified atom stereocenters. The van der Waals surface area contributed by atoms with Crippen molar-refractivity contribution in [3.05, 3.63) is 57.8 Å². The Kier molecular flexibility index (Phi) is 4.80. The van der Waals surface area contributed by atoms with E-state index in [4.69, 9.17) is 10.5 Å². The van der Waals surface area contributed by atoms with Gasteiger partial charge in [-0.15, -0.1) is 0 Å². The number of hydrogen-bond donors (Lipinski definition) is 1. The van der Waals surface area contributed by atoms with Gasteiger partial charge in [-0.05, 0) is 34.1 Å². The van der Waals surface area contributed by atoms with E-state index < -0.39 is 5.97 Å². The molecule has 0 bridgehead atoms. The van der Waals surface area contributed by atoms with Crippen LogP contribution in [-0.4, -0.2) is 13.1 Å². The zero-order chi connectivity index (χ0) is 15.4. The highest BCUT2D eigenvalue weighted by Crippen LogP contribution is 2.27. The summed E-state index contributed by atoms with van der Waals surface area (Å²) >= 11 is 3.16. The Balaban J connectivity index is 2.26. The maximum absolute atomic E-state index is 13.4. The van der Waals surface area contributed by atoms with Gasteiger partial charge in [-0.25, -0.2) is 9.18 Å². The highest BCUT2D eigenvalue weighted by molar-refractivity contribution is 9.10. The van der Waals surface area contributed by atoms with Crippen LogP contribution in [0.25, 0.3) is 0 Å². The highest BCUT2D eigenvalue weighted by atomic mass is 79.9. The van der Waals surface area contributed by atoms with Crippen LogP contribution in [0.4, 0.5) is 10.1 Å². The van der Waals surface area contributed by atoms with Crippen LogP contribution in [0, 0.1) is 5.82 Å². The van der Waals surface area contributed by atoms with E-state index in [1.165, 1.54) is 13.2 Å². The molecule has 2 rings (SSSR count). The van der Waals surface area contributed by atoms with Crippen molar-refractivity contribution in [3.8, 4) is 5.75 Å². The van der Waals surface area contributed by atoms with Crippen LogP contribution in [0.3, 0.4) is 0 Å². The van der Waals surface area contributed by atoms with Crippen LogP contribution in [0.15, 0.2) is 40.9 Å². The van der Waals surface area contributed by atoms with Gasteiger partial charge < -0.3 is 15.2 Å². The van der Waals surface area contributed by atoms with Crippen LogP contribution in [0.1, 0.15) is 15.9 Å². The number of esters is 1. The Hall–Kier alpha value is -2.08. The van der Waals surface area contributed by atoms with Crippen molar-refractivity contribution < 1.29 is 18.7 Å². The summed E-state index contributed by atoms with van der Waals surface area (Å²) in [6.45, 7) is 0.0891. The summed E-state index contributed by atoms with van der Waals surface area (Å²) in [6.07, 6.45) is 0. The number of methoxy groups -OCH3 is 1. The molecule has 0 saturated carbocycles. The summed E-state index contributed by atoms with van der Waals surface area (Å²) in [5.41, 5.74) is 6.81. The summed E-state index contributed by atoms with van der Waals surface area (Å²) in [4.78, 5) is 11.7. The first-order valence-electron chi connectivity index (χ1n) is 6.07. The van der Waals surface area contributed by atoms with Crippen LogP contribution in [0.2, 0.25) is 0 Å². The van der Waals surface area contributed by atoms with E-state index in [0.717, 1.165) is 0 Å². The fourth-order valence-electron chi connectivity index (χ4n) is 1.80. The fraction of sp³-hybridized carbons (Fsp3) is 0.133. The number of rotatable bonds is 4. The number of nitrogen functional groups attached to an aromatic ring is 1. The lowest BCUT2D eigenvalue weighted by Crippen LogP contribution is -2.09. The summed E-state index contributed by atoms with van der Waals surface area (Å²) in [6, 6.07) is 9.50. The zero-order valence-electron chi connectivity index (χ0n) is 11.2. The van der Waals surface area contributed by atoms with Gasteiger partial charge in [0, 0.05) is 11.3 Å². The molecule has 0 heterocycles. The SMILES string of the molecule is COC(=O)c1c(N)cccc1OCc1cccc(F)c1Br. The van der Waals surface area contributed by atoms with E-state index in [-0.39, 0.29) is 29.4 Å². The summed E-state index contributed by atoms with van der Waals surface area (Å²) < 4.78 is 24.0. The second-order valence-corrected chi connectivity index (χ2v) is 5.01. The summed E-state index contributed by atoms with van der Waals surface area (Å²) in [5.74, 6) is -0.670. The molecule has 6 heteroatoms. The van der Waals surface area contributed by atoms with Crippen LogP contribution >= 0.6 is 15.9 Å². The molecule has 0 atom stereocenters. The molecule has 2 aromatic rings. The molecule has 2 N–H and O–H groups in total. The normalized spacial score (nSPS) is 10.2. The Morgan fingerprint density at radius 1 is 1.29 bits per heavy atom. The largest absolute Gasteiger partial charge is 0.488 e. The molecule has 0 saturated heterocycles. The van der Waals surface area contributed by atoms with Crippen molar-refractivity contribution in [3.63, 3.8) is 0 Å². The van der Waals surface area contributed by atoms with E-state index >= 15 is 0 Å². The Morgan fingerprint density at radius 3 is 2.71 bits per heavy atom. The van der Waals surface area contributed by atoms with Gasteiger partial charge in [-0.2, -0.15) is 0 Å². The molecule has 0 spiro atoms. The third kappa shape index (κ3) is 3.33. The highest BCUT2D eigenvalue weighted by Gasteiger charge is 2.17. The standard InChI is InChI=1S/C15H13BrFNO3/c1-20-15(19)13-11(18)6-3-7-12(13)21-8-9-4-2-5-10(17)14(9)16/h2-7H,8,18H2,1H3. The summed E-state index contributed by atoms with van der Waals surface area (Å²) in [7, 11) is 1.27. The second-order valence-electron chi connectivity index (χ2n) is 4.21. The van der Waals surface area contributed by atoms with Gasteiger partial charge in [-0.1, -0.05) is 18.2 Å². The van der Waals surface area contributed by atoms with Gasteiger partial charge in [0.2, 0.25) is 0 Å². The molecule has 0 aliphatic heterocycles. The van der Waals surface area contributed by atoms with Crippen molar-refractivity contribution >= 4 is 27.6 Å². The van der Waals surface area contributed by atoms with Crippen LogP contribution < -0.4 is 10.5 Å². The molecule has 0 aliphatic rings. The molecule has 0 aliphatic carbocycles. The van der Waals surface area contributed by atoms with Crippen LogP contribution in [-0.2, 0) is 11.3 Å². The molecule has 110 valence electrons. The second kappa shape index (κ2) is 6.58. The molecule has 0 radical (unpaired) electrons. The molecular weight excluding hydrogens is 341 g/mol. The third-order valence-electron chi connectivity index (χ3n) is 2.86. The van der Waals surface area contributed by atoms with Gasteiger partial charge in [0.15, 0.2) is 0 Å². The molecule has 0 fully saturated rings. The maximum atomic E-state index is 13.4. The van der Waals surface area contributed by atoms with Crippen molar-refractivity contribution in [2.75, 3.05) is 12.8 Å².